The maximum atomic E-state index is 13.2. The van der Waals surface area contributed by atoms with Gasteiger partial charge in [0.25, 0.3) is 0 Å². The summed E-state index contributed by atoms with van der Waals surface area (Å²) in [6.07, 6.45) is 24.3. The molecular weight excluding hydrogens is 619 g/mol. The van der Waals surface area contributed by atoms with Gasteiger partial charge in [0.1, 0.15) is 6.10 Å². The summed E-state index contributed by atoms with van der Waals surface area (Å²) in [6, 6.07) is 0.325. The lowest BCUT2D eigenvalue weighted by atomic mass is 9.47. The van der Waals surface area contributed by atoms with E-state index in [0.29, 0.717) is 12.0 Å². The number of hydrogen-bond acceptors (Lipinski definition) is 5. The molecule has 2 unspecified atom stereocenters. The molecule has 0 aliphatic heterocycles. The predicted octanol–water partition coefficient (Wildman–Crippen LogP) is 9.97. The van der Waals surface area contributed by atoms with Crippen molar-refractivity contribution in [1.29, 1.82) is 0 Å². The van der Waals surface area contributed by atoms with E-state index in [0.717, 1.165) is 87.0 Å². The van der Waals surface area contributed by atoms with Gasteiger partial charge >= 0.3 is 5.97 Å². The number of nitrogens with two attached hydrogens (primary N) is 2. The SMILES string of the molecule is CC(C)CCC[C@@H](C)[C@H]1CC[C@H]2[C@@H]3CC=C4C[C@@H](OC(=O)CCC(=O)N(CCCCCCCC(C)N)CCC(C)N)CC[C@]4(C)[C@H]3CC[C@]12C. The maximum absolute atomic E-state index is 13.2. The van der Waals surface area contributed by atoms with Crippen molar-refractivity contribution in [2.45, 2.75) is 195 Å². The minimum Gasteiger partial charge on any atom is -0.462 e. The van der Waals surface area contributed by atoms with E-state index in [9.17, 15) is 9.59 Å². The Labute approximate surface area is 308 Å². The van der Waals surface area contributed by atoms with Crippen LogP contribution in [0.2, 0.25) is 0 Å². The summed E-state index contributed by atoms with van der Waals surface area (Å²) in [6.45, 7) is 18.0. The van der Waals surface area contributed by atoms with Crippen molar-refractivity contribution in [2.75, 3.05) is 13.1 Å². The molecule has 4 rings (SSSR count). The first-order chi connectivity index (χ1) is 23.7. The zero-order valence-electron chi connectivity index (χ0n) is 33.7. The summed E-state index contributed by atoms with van der Waals surface area (Å²) in [5, 5.41) is 0. The first-order valence-corrected chi connectivity index (χ1v) is 21.4. The molecule has 1 amide bonds. The molecule has 0 radical (unpaired) electrons. The number of fused-ring (bicyclic) bond motifs is 5. The normalized spacial score (nSPS) is 32.4. The minimum atomic E-state index is -0.213. The summed E-state index contributed by atoms with van der Waals surface area (Å²) >= 11 is 0. The molecule has 10 atom stereocenters. The Morgan fingerprint density at radius 2 is 1.52 bits per heavy atom. The molecule has 50 heavy (non-hydrogen) atoms. The fourth-order valence-corrected chi connectivity index (χ4v) is 11.4. The molecule has 0 bridgehead atoms. The van der Waals surface area contributed by atoms with Crippen LogP contribution in [0.25, 0.3) is 0 Å². The zero-order valence-corrected chi connectivity index (χ0v) is 33.7. The highest BCUT2D eigenvalue weighted by molar-refractivity contribution is 5.81. The van der Waals surface area contributed by atoms with Crippen molar-refractivity contribution in [1.82, 2.24) is 4.90 Å². The topological polar surface area (TPSA) is 98.7 Å². The van der Waals surface area contributed by atoms with Gasteiger partial charge in [0.05, 0.1) is 6.42 Å². The van der Waals surface area contributed by atoms with E-state index in [1.54, 1.807) is 5.57 Å². The molecule has 3 fully saturated rings. The van der Waals surface area contributed by atoms with Gasteiger partial charge < -0.3 is 21.1 Å². The maximum Gasteiger partial charge on any atom is 0.306 e. The number of esters is 1. The lowest BCUT2D eigenvalue weighted by Crippen LogP contribution is -2.51. The fraction of sp³-hybridized carbons (Fsp3) is 0.909. The van der Waals surface area contributed by atoms with Crippen LogP contribution in [0.4, 0.5) is 0 Å². The Kier molecular flexibility index (Phi) is 15.8. The molecule has 0 aromatic heterocycles. The number of allylic oxidation sites excluding steroid dienone is 1. The molecule has 4 aliphatic carbocycles. The highest BCUT2D eigenvalue weighted by Gasteiger charge is 2.59. The number of nitrogens with zero attached hydrogens (tertiary/aromatic N) is 1. The van der Waals surface area contributed by atoms with Gasteiger partial charge in [-0.25, -0.2) is 0 Å². The third-order valence-corrected chi connectivity index (χ3v) is 14.4. The third kappa shape index (κ3) is 10.8. The lowest BCUT2D eigenvalue weighted by Gasteiger charge is -2.58. The van der Waals surface area contributed by atoms with Gasteiger partial charge in [0.15, 0.2) is 0 Å². The van der Waals surface area contributed by atoms with Crippen molar-refractivity contribution < 1.29 is 14.3 Å². The van der Waals surface area contributed by atoms with Crippen LogP contribution in [0.5, 0.6) is 0 Å². The minimum absolute atomic E-state index is 0.0520. The largest absolute Gasteiger partial charge is 0.462 e. The van der Waals surface area contributed by atoms with Gasteiger partial charge in [0, 0.05) is 38.0 Å². The smallest absolute Gasteiger partial charge is 0.306 e. The van der Waals surface area contributed by atoms with E-state index in [1.807, 2.05) is 11.8 Å². The molecule has 4 N–H and O–H groups in total. The van der Waals surface area contributed by atoms with Crippen molar-refractivity contribution in [2.24, 2.45) is 57.8 Å². The average molecular weight is 698 g/mol. The van der Waals surface area contributed by atoms with Crippen molar-refractivity contribution in [3.63, 3.8) is 0 Å². The van der Waals surface area contributed by atoms with Crippen molar-refractivity contribution >= 4 is 11.9 Å². The van der Waals surface area contributed by atoms with Crippen LogP contribution < -0.4 is 11.5 Å². The van der Waals surface area contributed by atoms with Crippen LogP contribution in [-0.4, -0.2) is 48.1 Å². The Balaban J connectivity index is 1.25. The molecule has 0 saturated heterocycles. The van der Waals surface area contributed by atoms with Crippen LogP contribution in [0.1, 0.15) is 177 Å². The molecule has 0 aromatic carbocycles. The van der Waals surface area contributed by atoms with Gasteiger partial charge in [-0.1, -0.05) is 91.2 Å². The van der Waals surface area contributed by atoms with E-state index < -0.39 is 0 Å². The Hall–Kier alpha value is -1.40. The van der Waals surface area contributed by atoms with Gasteiger partial charge in [-0.2, -0.15) is 0 Å². The third-order valence-electron chi connectivity index (χ3n) is 14.4. The Morgan fingerprint density at radius 3 is 2.24 bits per heavy atom. The average Bonchev–Trinajstić information content (AvgIpc) is 3.41. The molecule has 288 valence electrons. The number of carbonyl (C=O) groups is 2. The molecule has 3 saturated carbocycles. The number of carbonyl (C=O) groups excluding carboxylic acids is 2. The van der Waals surface area contributed by atoms with Crippen LogP contribution in [0.3, 0.4) is 0 Å². The highest BCUT2D eigenvalue weighted by atomic mass is 16.5. The van der Waals surface area contributed by atoms with Gasteiger partial charge in [0.2, 0.25) is 5.91 Å². The summed E-state index contributed by atoms with van der Waals surface area (Å²) in [4.78, 5) is 28.3. The lowest BCUT2D eigenvalue weighted by molar-refractivity contribution is -0.153. The molecule has 6 heteroatoms. The monoisotopic (exact) mass is 698 g/mol. The second kappa shape index (κ2) is 19.1. The predicted molar refractivity (Wildman–Crippen MR) is 208 cm³/mol. The number of hydrogen-bond donors (Lipinski definition) is 2. The standard InChI is InChI=1S/C44H79N3O3/c1-31(2)14-13-15-32(3)38-19-20-39-37-18-17-35-30-36(23-26-43(35,6)40(37)24-27-44(38,39)7)50-42(49)22-21-41(48)47(29-25-34(5)46)28-12-10-8-9-11-16-33(4)45/h17,31-34,36-40H,8-16,18-30,45-46H2,1-7H3/t32-,33?,34?,36+,37+,38-,39+,40+,43+,44-/m1/s1. The molecule has 0 aromatic rings. The first-order valence-electron chi connectivity index (χ1n) is 21.4. The van der Waals surface area contributed by atoms with Crippen molar-refractivity contribution in [3.8, 4) is 0 Å². The van der Waals surface area contributed by atoms with E-state index in [2.05, 4.69) is 47.6 Å². The Morgan fingerprint density at radius 1 is 0.800 bits per heavy atom. The summed E-state index contributed by atoms with van der Waals surface area (Å²) < 4.78 is 6.10. The summed E-state index contributed by atoms with van der Waals surface area (Å²) in [5.74, 6) is 4.82. The van der Waals surface area contributed by atoms with Crippen LogP contribution in [0.15, 0.2) is 11.6 Å². The number of rotatable bonds is 20. The number of amides is 1. The molecule has 0 heterocycles. The Bertz CT molecular complexity index is 1100. The molecule has 6 nitrogen and oxygen atoms in total. The molecule has 0 spiro atoms. The molecule has 4 aliphatic rings. The second-order valence-electron chi connectivity index (χ2n) is 18.8. The molecular formula is C44H79N3O3. The van der Waals surface area contributed by atoms with Crippen LogP contribution >= 0.6 is 0 Å². The van der Waals surface area contributed by atoms with Gasteiger partial charge in [-0.05, 0) is 124 Å². The quantitative estimate of drug-likeness (QED) is 0.0750. The fourth-order valence-electron chi connectivity index (χ4n) is 11.4. The first kappa shape index (κ1) is 41.4. The van der Waals surface area contributed by atoms with E-state index >= 15 is 0 Å². The van der Waals surface area contributed by atoms with Crippen molar-refractivity contribution in [3.05, 3.63) is 11.6 Å². The zero-order chi connectivity index (χ0) is 36.5. The highest BCUT2D eigenvalue weighted by Crippen LogP contribution is 2.67. The van der Waals surface area contributed by atoms with E-state index in [-0.39, 0.29) is 48.3 Å². The number of ether oxygens (including phenoxy) is 1. The van der Waals surface area contributed by atoms with Crippen LogP contribution in [-0.2, 0) is 14.3 Å². The second-order valence-corrected chi connectivity index (χ2v) is 18.8. The number of unbranched alkanes of at least 4 members (excludes halogenated alkanes) is 4. The summed E-state index contributed by atoms with van der Waals surface area (Å²) in [5.41, 5.74) is 14.2. The van der Waals surface area contributed by atoms with Crippen LogP contribution in [0, 0.1) is 46.3 Å². The van der Waals surface area contributed by atoms with Gasteiger partial charge in [-0.3, -0.25) is 9.59 Å². The van der Waals surface area contributed by atoms with E-state index in [4.69, 9.17) is 16.2 Å². The van der Waals surface area contributed by atoms with E-state index in [1.165, 1.54) is 70.6 Å². The van der Waals surface area contributed by atoms with Gasteiger partial charge in [-0.15, -0.1) is 0 Å². The summed E-state index contributed by atoms with van der Waals surface area (Å²) in [7, 11) is 0.